The summed E-state index contributed by atoms with van der Waals surface area (Å²) in [7, 11) is 0. The van der Waals surface area contributed by atoms with Crippen molar-refractivity contribution in [1.82, 2.24) is 4.57 Å². The lowest BCUT2D eigenvalue weighted by Crippen LogP contribution is -2.06. The van der Waals surface area contributed by atoms with Crippen molar-refractivity contribution >= 4 is 27.7 Å². The summed E-state index contributed by atoms with van der Waals surface area (Å²) >= 11 is 0. The number of hydrogen-bond acceptors (Lipinski definition) is 1. The number of nitrogens with zero attached hydrogens (tertiary/aromatic N) is 1. The fourth-order valence-corrected chi connectivity index (χ4v) is 7.22. The molecule has 0 atom stereocenters. The Kier molecular flexibility index (Phi) is 8.06. The highest BCUT2D eigenvalue weighted by molar-refractivity contribution is 5.95. The van der Waals surface area contributed by atoms with E-state index in [9.17, 15) is 0 Å². The molecule has 0 saturated carbocycles. The van der Waals surface area contributed by atoms with Crippen molar-refractivity contribution in [2.24, 2.45) is 0 Å². The SMILES string of the molecule is C=C/C=C(\C=C/Nc1cccc(-c2ccc(-n3c4c(c5ccccc53)CCc3ccccc3-4)cc2)c1)c1ccc(C2=CCCC=C2)cc1. The summed E-state index contributed by atoms with van der Waals surface area (Å²) < 4.78 is 2.46. The predicted octanol–water partition coefficient (Wildman–Crippen LogP) is 12.0. The van der Waals surface area contributed by atoms with E-state index in [1.54, 1.807) is 0 Å². The molecular weight excluding hydrogens is 581 g/mol. The summed E-state index contributed by atoms with van der Waals surface area (Å²) in [4.78, 5) is 0. The van der Waals surface area contributed by atoms with Gasteiger partial charge in [-0.1, -0.05) is 128 Å². The van der Waals surface area contributed by atoms with Crippen LogP contribution in [0.15, 0.2) is 171 Å². The summed E-state index contributed by atoms with van der Waals surface area (Å²) in [5, 5.41) is 4.85. The van der Waals surface area contributed by atoms with Gasteiger partial charge in [0.1, 0.15) is 0 Å². The molecule has 1 heterocycles. The van der Waals surface area contributed by atoms with Gasteiger partial charge in [-0.05, 0) is 107 Å². The molecule has 0 saturated heterocycles. The van der Waals surface area contributed by atoms with Crippen LogP contribution in [0.4, 0.5) is 5.69 Å². The molecule has 2 nitrogen and oxygen atoms in total. The molecule has 1 N–H and O–H groups in total. The largest absolute Gasteiger partial charge is 0.362 e. The number of anilines is 1. The zero-order chi connectivity index (χ0) is 32.3. The topological polar surface area (TPSA) is 17.0 Å². The lowest BCUT2D eigenvalue weighted by Gasteiger charge is -2.20. The number of aromatic nitrogens is 1. The zero-order valence-corrected chi connectivity index (χ0v) is 27.1. The Bertz CT molecular complexity index is 2250. The van der Waals surface area contributed by atoms with Crippen LogP contribution < -0.4 is 5.32 Å². The molecule has 0 unspecified atom stereocenters. The number of para-hydroxylation sites is 1. The molecule has 2 aliphatic rings. The first-order valence-corrected chi connectivity index (χ1v) is 16.9. The van der Waals surface area contributed by atoms with Gasteiger partial charge < -0.3 is 9.88 Å². The Morgan fingerprint density at radius 2 is 1.54 bits per heavy atom. The van der Waals surface area contributed by atoms with Gasteiger partial charge in [0, 0.05) is 28.5 Å². The van der Waals surface area contributed by atoms with Gasteiger partial charge in [-0.15, -0.1) is 0 Å². The summed E-state index contributed by atoms with van der Waals surface area (Å²) in [6, 6.07) is 44.1. The maximum atomic E-state index is 3.95. The molecule has 1 aromatic heterocycles. The normalized spacial score (nSPS) is 14.1. The summed E-state index contributed by atoms with van der Waals surface area (Å²) in [6.45, 7) is 3.95. The van der Waals surface area contributed by atoms with Crippen molar-refractivity contribution in [1.29, 1.82) is 0 Å². The Labute approximate surface area is 283 Å². The lowest BCUT2D eigenvalue weighted by molar-refractivity contribution is 0.934. The van der Waals surface area contributed by atoms with E-state index >= 15 is 0 Å². The van der Waals surface area contributed by atoms with Crippen LogP contribution in [-0.2, 0) is 12.8 Å². The predicted molar refractivity (Wildman–Crippen MR) is 205 cm³/mol. The van der Waals surface area contributed by atoms with E-state index in [1.807, 2.05) is 12.3 Å². The van der Waals surface area contributed by atoms with Crippen LogP contribution in [0.25, 0.3) is 50.1 Å². The molecule has 5 aromatic carbocycles. The molecule has 232 valence electrons. The minimum Gasteiger partial charge on any atom is -0.362 e. The number of fused-ring (bicyclic) bond motifs is 5. The number of nitrogens with one attached hydrogen (secondary N) is 1. The third-order valence-corrected chi connectivity index (χ3v) is 9.57. The quantitative estimate of drug-likeness (QED) is 0.168. The highest BCUT2D eigenvalue weighted by Gasteiger charge is 2.24. The van der Waals surface area contributed by atoms with Crippen molar-refractivity contribution in [2.75, 3.05) is 5.32 Å². The highest BCUT2D eigenvalue weighted by Crippen LogP contribution is 2.42. The highest BCUT2D eigenvalue weighted by atomic mass is 15.0. The van der Waals surface area contributed by atoms with Crippen LogP contribution in [-0.4, -0.2) is 4.57 Å². The van der Waals surface area contributed by atoms with Crippen LogP contribution in [0, 0.1) is 0 Å². The maximum Gasteiger partial charge on any atom is 0.0575 e. The molecular formula is C46H38N2. The van der Waals surface area contributed by atoms with Gasteiger partial charge in [0.05, 0.1) is 11.2 Å². The van der Waals surface area contributed by atoms with Gasteiger partial charge in [-0.3, -0.25) is 0 Å². The monoisotopic (exact) mass is 618 g/mol. The number of benzene rings is 5. The van der Waals surface area contributed by atoms with Crippen molar-refractivity contribution in [3.8, 4) is 28.1 Å². The van der Waals surface area contributed by atoms with Crippen LogP contribution in [0.3, 0.4) is 0 Å². The van der Waals surface area contributed by atoms with E-state index in [2.05, 4.69) is 168 Å². The Morgan fingerprint density at radius 1 is 0.729 bits per heavy atom. The molecule has 0 bridgehead atoms. The van der Waals surface area contributed by atoms with E-state index in [-0.39, 0.29) is 0 Å². The third-order valence-electron chi connectivity index (χ3n) is 9.57. The van der Waals surface area contributed by atoms with E-state index in [0.717, 1.165) is 42.5 Å². The van der Waals surface area contributed by atoms with Gasteiger partial charge in [0.2, 0.25) is 0 Å². The Hall–Kier alpha value is -5.86. The molecule has 0 amide bonds. The number of aryl methyl sites for hydroxylation is 2. The molecule has 0 radical (unpaired) electrons. The van der Waals surface area contributed by atoms with Crippen LogP contribution in [0.5, 0.6) is 0 Å². The molecule has 6 aromatic rings. The standard InChI is InChI=1S/C46H38N2/c1-2-11-33(35-20-22-36(23-21-35)34-12-4-3-5-13-34)30-31-47-40-16-10-15-39(32-40)37-24-27-41(28-25-37)48-45-19-9-8-18-43(45)44-29-26-38-14-6-7-17-42(38)46(44)48/h2,4,6-25,27-28,30-32,47H,1,3,5,26,29H2/b31-30-,33-11+. The summed E-state index contributed by atoms with van der Waals surface area (Å²) in [5.41, 5.74) is 16.3. The molecule has 0 spiro atoms. The second kappa shape index (κ2) is 13.1. The fourth-order valence-electron chi connectivity index (χ4n) is 7.22. The van der Waals surface area contributed by atoms with E-state index in [0.29, 0.717) is 0 Å². The van der Waals surface area contributed by atoms with Gasteiger partial charge in [-0.2, -0.15) is 0 Å². The van der Waals surface area contributed by atoms with Crippen LogP contribution in [0.2, 0.25) is 0 Å². The molecule has 48 heavy (non-hydrogen) atoms. The average Bonchev–Trinajstić information content (AvgIpc) is 3.50. The van der Waals surface area contributed by atoms with Crippen LogP contribution in [0.1, 0.15) is 35.1 Å². The first-order chi connectivity index (χ1) is 23.8. The summed E-state index contributed by atoms with van der Waals surface area (Å²) in [5.74, 6) is 0. The van der Waals surface area contributed by atoms with E-state index in [1.165, 1.54) is 61.2 Å². The van der Waals surface area contributed by atoms with Gasteiger partial charge in [0.15, 0.2) is 0 Å². The van der Waals surface area contributed by atoms with E-state index < -0.39 is 0 Å². The smallest absolute Gasteiger partial charge is 0.0575 e. The average molecular weight is 619 g/mol. The summed E-state index contributed by atoms with van der Waals surface area (Å²) in [6.07, 6.45) is 19.2. The number of allylic oxidation sites excluding steroid dienone is 8. The van der Waals surface area contributed by atoms with Crippen molar-refractivity contribution < 1.29 is 0 Å². The van der Waals surface area contributed by atoms with Gasteiger partial charge in [-0.25, -0.2) is 0 Å². The molecule has 0 fully saturated rings. The minimum atomic E-state index is 1.04. The second-order valence-electron chi connectivity index (χ2n) is 12.5. The van der Waals surface area contributed by atoms with Crippen LogP contribution >= 0.6 is 0 Å². The van der Waals surface area contributed by atoms with Crippen molar-refractivity contribution in [2.45, 2.75) is 25.7 Å². The fraction of sp³-hybridized carbons (Fsp3) is 0.0870. The molecule has 2 aliphatic carbocycles. The van der Waals surface area contributed by atoms with Crippen molar-refractivity contribution in [3.05, 3.63) is 193 Å². The lowest BCUT2D eigenvalue weighted by atomic mass is 9.89. The minimum absolute atomic E-state index is 1.04. The van der Waals surface area contributed by atoms with Gasteiger partial charge >= 0.3 is 0 Å². The van der Waals surface area contributed by atoms with Gasteiger partial charge in [0.25, 0.3) is 0 Å². The Morgan fingerprint density at radius 3 is 2.38 bits per heavy atom. The molecule has 0 aliphatic heterocycles. The first kappa shape index (κ1) is 29.5. The third kappa shape index (κ3) is 5.67. The molecule has 8 rings (SSSR count). The second-order valence-corrected chi connectivity index (χ2v) is 12.5. The maximum absolute atomic E-state index is 3.95. The van der Waals surface area contributed by atoms with Crippen molar-refractivity contribution in [3.63, 3.8) is 0 Å². The Balaban J connectivity index is 1.03. The number of hydrogen-bond donors (Lipinski definition) is 1. The van der Waals surface area contributed by atoms with E-state index in [4.69, 9.17) is 0 Å². The molecule has 2 heteroatoms. The number of rotatable bonds is 8. The first-order valence-electron chi connectivity index (χ1n) is 16.9. The zero-order valence-electron chi connectivity index (χ0n) is 27.1.